The molecule has 15 heavy (non-hydrogen) atoms. The maximum atomic E-state index is 5.95. The van der Waals surface area contributed by atoms with Crippen molar-refractivity contribution >= 4 is 5.69 Å². The number of anilines is 1. The quantitative estimate of drug-likeness (QED) is 0.817. The standard InChI is InChI=1S/C13H19NO/c1-3-4-5-11-9-14-12-7-6-10(2)8-13(12)15-11/h6-8,11,14H,3-5,9H2,1-2H3. The van der Waals surface area contributed by atoms with Crippen molar-refractivity contribution in [2.45, 2.75) is 39.2 Å². The molecular weight excluding hydrogens is 186 g/mol. The monoisotopic (exact) mass is 205 g/mol. The topological polar surface area (TPSA) is 21.3 Å². The van der Waals surface area contributed by atoms with Gasteiger partial charge in [0, 0.05) is 0 Å². The molecular formula is C13H19NO. The first-order valence-corrected chi connectivity index (χ1v) is 5.81. The average molecular weight is 205 g/mol. The van der Waals surface area contributed by atoms with Gasteiger partial charge in [-0.25, -0.2) is 0 Å². The van der Waals surface area contributed by atoms with Crippen LogP contribution in [-0.2, 0) is 0 Å². The minimum absolute atomic E-state index is 0.347. The van der Waals surface area contributed by atoms with Crippen molar-refractivity contribution in [2.24, 2.45) is 0 Å². The molecule has 0 radical (unpaired) electrons. The SMILES string of the molecule is CCCCC1CNc2ccc(C)cc2O1. The minimum Gasteiger partial charge on any atom is -0.486 e. The zero-order valence-electron chi connectivity index (χ0n) is 9.55. The van der Waals surface area contributed by atoms with Gasteiger partial charge in [-0.2, -0.15) is 0 Å². The summed E-state index contributed by atoms with van der Waals surface area (Å²) in [5, 5.41) is 3.42. The molecule has 0 saturated carbocycles. The van der Waals surface area contributed by atoms with Crippen molar-refractivity contribution in [1.82, 2.24) is 0 Å². The van der Waals surface area contributed by atoms with Crippen LogP contribution in [0.1, 0.15) is 31.7 Å². The molecule has 0 bridgehead atoms. The van der Waals surface area contributed by atoms with Crippen LogP contribution in [0.15, 0.2) is 18.2 Å². The van der Waals surface area contributed by atoms with Gasteiger partial charge in [0.25, 0.3) is 0 Å². The summed E-state index contributed by atoms with van der Waals surface area (Å²) in [4.78, 5) is 0. The number of ether oxygens (including phenoxy) is 1. The van der Waals surface area contributed by atoms with Crippen molar-refractivity contribution in [3.8, 4) is 5.75 Å². The number of rotatable bonds is 3. The molecule has 1 aliphatic rings. The summed E-state index contributed by atoms with van der Waals surface area (Å²) in [6.45, 7) is 5.25. The summed E-state index contributed by atoms with van der Waals surface area (Å²) >= 11 is 0. The smallest absolute Gasteiger partial charge is 0.143 e. The fraction of sp³-hybridized carbons (Fsp3) is 0.538. The third-order valence-corrected chi connectivity index (χ3v) is 2.83. The Hall–Kier alpha value is -1.18. The highest BCUT2D eigenvalue weighted by atomic mass is 16.5. The average Bonchev–Trinajstić information content (AvgIpc) is 2.25. The molecule has 0 aromatic heterocycles. The van der Waals surface area contributed by atoms with Gasteiger partial charge >= 0.3 is 0 Å². The second-order valence-electron chi connectivity index (χ2n) is 4.26. The van der Waals surface area contributed by atoms with E-state index in [-0.39, 0.29) is 0 Å². The molecule has 2 nitrogen and oxygen atoms in total. The summed E-state index contributed by atoms with van der Waals surface area (Å²) in [6.07, 6.45) is 3.98. The molecule has 0 amide bonds. The molecule has 82 valence electrons. The largest absolute Gasteiger partial charge is 0.486 e. The zero-order chi connectivity index (χ0) is 10.7. The molecule has 1 atom stereocenters. The van der Waals surface area contributed by atoms with Crippen LogP contribution in [0.3, 0.4) is 0 Å². The Balaban J connectivity index is 2.05. The third-order valence-electron chi connectivity index (χ3n) is 2.83. The third kappa shape index (κ3) is 2.44. The number of fused-ring (bicyclic) bond motifs is 1. The van der Waals surface area contributed by atoms with Crippen LogP contribution in [0.25, 0.3) is 0 Å². The number of aryl methyl sites for hydroxylation is 1. The number of nitrogens with one attached hydrogen (secondary N) is 1. The Morgan fingerprint density at radius 2 is 2.33 bits per heavy atom. The van der Waals surface area contributed by atoms with E-state index in [1.165, 1.54) is 18.4 Å². The van der Waals surface area contributed by atoms with Gasteiger partial charge in [0.05, 0.1) is 12.2 Å². The molecule has 1 aromatic rings. The van der Waals surface area contributed by atoms with E-state index < -0.39 is 0 Å². The molecule has 2 heteroatoms. The van der Waals surface area contributed by atoms with Crippen molar-refractivity contribution in [3.05, 3.63) is 23.8 Å². The van der Waals surface area contributed by atoms with Crippen molar-refractivity contribution in [1.29, 1.82) is 0 Å². The van der Waals surface area contributed by atoms with Crippen LogP contribution in [0.5, 0.6) is 5.75 Å². The fourth-order valence-corrected chi connectivity index (χ4v) is 1.91. The van der Waals surface area contributed by atoms with Crippen LogP contribution in [0, 0.1) is 6.92 Å². The molecule has 1 aromatic carbocycles. The Morgan fingerprint density at radius 1 is 1.47 bits per heavy atom. The normalized spacial score (nSPS) is 18.9. The summed E-state index contributed by atoms with van der Waals surface area (Å²) < 4.78 is 5.95. The lowest BCUT2D eigenvalue weighted by atomic mass is 10.1. The van der Waals surface area contributed by atoms with E-state index in [1.807, 2.05) is 0 Å². The summed E-state index contributed by atoms with van der Waals surface area (Å²) in [7, 11) is 0. The van der Waals surface area contributed by atoms with Gasteiger partial charge in [-0.15, -0.1) is 0 Å². The highest BCUT2D eigenvalue weighted by Crippen LogP contribution is 2.30. The summed E-state index contributed by atoms with van der Waals surface area (Å²) in [5.41, 5.74) is 2.39. The van der Waals surface area contributed by atoms with E-state index in [0.29, 0.717) is 6.10 Å². The van der Waals surface area contributed by atoms with Gasteiger partial charge in [0.2, 0.25) is 0 Å². The van der Waals surface area contributed by atoms with Crippen LogP contribution < -0.4 is 10.1 Å². The molecule has 1 heterocycles. The Morgan fingerprint density at radius 3 is 3.13 bits per heavy atom. The first-order chi connectivity index (χ1) is 7.29. The fourth-order valence-electron chi connectivity index (χ4n) is 1.91. The molecule has 0 aliphatic carbocycles. The number of hydrogen-bond acceptors (Lipinski definition) is 2. The van der Waals surface area contributed by atoms with E-state index >= 15 is 0 Å². The molecule has 0 fully saturated rings. The van der Waals surface area contributed by atoms with Crippen molar-refractivity contribution in [3.63, 3.8) is 0 Å². The van der Waals surface area contributed by atoms with Gasteiger partial charge in [0.15, 0.2) is 0 Å². The van der Waals surface area contributed by atoms with Gasteiger partial charge in [0.1, 0.15) is 11.9 Å². The lowest BCUT2D eigenvalue weighted by Crippen LogP contribution is -2.30. The molecule has 1 N–H and O–H groups in total. The Bertz CT molecular complexity index is 335. The molecule has 2 rings (SSSR count). The predicted molar refractivity (Wildman–Crippen MR) is 63.6 cm³/mol. The highest BCUT2D eigenvalue weighted by molar-refractivity contribution is 5.59. The summed E-state index contributed by atoms with van der Waals surface area (Å²) in [6, 6.07) is 6.32. The van der Waals surface area contributed by atoms with Crippen LogP contribution >= 0.6 is 0 Å². The Labute approximate surface area is 91.6 Å². The minimum atomic E-state index is 0.347. The van der Waals surface area contributed by atoms with Gasteiger partial charge in [-0.3, -0.25) is 0 Å². The molecule has 0 spiro atoms. The lowest BCUT2D eigenvalue weighted by molar-refractivity contribution is 0.192. The highest BCUT2D eigenvalue weighted by Gasteiger charge is 2.18. The van der Waals surface area contributed by atoms with Crippen LogP contribution in [-0.4, -0.2) is 12.6 Å². The van der Waals surface area contributed by atoms with Crippen LogP contribution in [0.2, 0.25) is 0 Å². The lowest BCUT2D eigenvalue weighted by Gasteiger charge is -2.27. The number of unbranched alkanes of at least 4 members (excludes halogenated alkanes) is 1. The van der Waals surface area contributed by atoms with E-state index in [9.17, 15) is 0 Å². The van der Waals surface area contributed by atoms with Gasteiger partial charge < -0.3 is 10.1 Å². The first-order valence-electron chi connectivity index (χ1n) is 5.81. The maximum Gasteiger partial charge on any atom is 0.143 e. The molecule has 1 aliphatic heterocycles. The van der Waals surface area contributed by atoms with E-state index in [0.717, 1.165) is 24.4 Å². The van der Waals surface area contributed by atoms with E-state index in [2.05, 4.69) is 37.4 Å². The van der Waals surface area contributed by atoms with E-state index in [1.54, 1.807) is 0 Å². The molecule has 0 saturated heterocycles. The number of hydrogen-bond donors (Lipinski definition) is 1. The van der Waals surface area contributed by atoms with Gasteiger partial charge in [-0.05, 0) is 37.5 Å². The van der Waals surface area contributed by atoms with Crippen molar-refractivity contribution < 1.29 is 4.74 Å². The van der Waals surface area contributed by atoms with Gasteiger partial charge in [-0.1, -0.05) is 19.4 Å². The second kappa shape index (κ2) is 4.56. The second-order valence-corrected chi connectivity index (χ2v) is 4.26. The van der Waals surface area contributed by atoms with Crippen LogP contribution in [0.4, 0.5) is 5.69 Å². The first kappa shape index (κ1) is 10.3. The molecule has 1 unspecified atom stereocenters. The Kier molecular flexibility index (Phi) is 3.14. The predicted octanol–water partition coefficient (Wildman–Crippen LogP) is 3.36. The van der Waals surface area contributed by atoms with E-state index in [4.69, 9.17) is 4.74 Å². The summed E-state index contributed by atoms with van der Waals surface area (Å²) in [5.74, 6) is 1.02. The number of benzene rings is 1. The van der Waals surface area contributed by atoms with Crippen molar-refractivity contribution in [2.75, 3.05) is 11.9 Å². The zero-order valence-corrected chi connectivity index (χ0v) is 9.55. The maximum absolute atomic E-state index is 5.95.